The SMILES string of the molecule is C=CCOCC(=C)C(=O)OCCOC(=O)C(C)(O)C(F)(F)F. The van der Waals surface area contributed by atoms with Crippen LogP contribution in [-0.4, -0.2) is 55.3 Å². The van der Waals surface area contributed by atoms with Gasteiger partial charge in [0.2, 0.25) is 0 Å². The zero-order chi connectivity index (χ0) is 17.4. The molecule has 0 saturated carbocycles. The van der Waals surface area contributed by atoms with Gasteiger partial charge in [-0.1, -0.05) is 12.7 Å². The number of carbonyl (C=O) groups is 2. The van der Waals surface area contributed by atoms with Gasteiger partial charge >= 0.3 is 18.1 Å². The van der Waals surface area contributed by atoms with Gasteiger partial charge in [0, 0.05) is 0 Å². The molecule has 22 heavy (non-hydrogen) atoms. The van der Waals surface area contributed by atoms with E-state index in [1.165, 1.54) is 6.08 Å². The number of rotatable bonds is 9. The minimum Gasteiger partial charge on any atom is -0.460 e. The molecule has 0 fully saturated rings. The lowest BCUT2D eigenvalue weighted by Gasteiger charge is -2.23. The van der Waals surface area contributed by atoms with Crippen molar-refractivity contribution in [2.45, 2.75) is 18.7 Å². The summed E-state index contributed by atoms with van der Waals surface area (Å²) < 4.78 is 50.6. The molecule has 0 rings (SSSR count). The molecule has 0 radical (unpaired) electrons. The van der Waals surface area contributed by atoms with E-state index in [-0.39, 0.29) is 25.7 Å². The van der Waals surface area contributed by atoms with Crippen LogP contribution in [0.2, 0.25) is 0 Å². The molecule has 1 atom stereocenters. The fraction of sp³-hybridized carbons (Fsp3) is 0.538. The molecule has 0 aliphatic heterocycles. The maximum Gasteiger partial charge on any atom is 0.427 e. The van der Waals surface area contributed by atoms with Gasteiger partial charge in [0.05, 0.1) is 18.8 Å². The molecule has 126 valence electrons. The summed E-state index contributed by atoms with van der Waals surface area (Å²) >= 11 is 0. The molecular formula is C13H17F3O6. The third-order valence-corrected chi connectivity index (χ3v) is 2.30. The molecule has 0 aromatic heterocycles. The minimum absolute atomic E-state index is 0.0181. The van der Waals surface area contributed by atoms with Crippen LogP contribution in [-0.2, 0) is 23.8 Å². The van der Waals surface area contributed by atoms with Crippen molar-refractivity contribution in [2.75, 3.05) is 26.4 Å². The zero-order valence-corrected chi connectivity index (χ0v) is 11.9. The van der Waals surface area contributed by atoms with Gasteiger partial charge in [-0.25, -0.2) is 9.59 Å². The van der Waals surface area contributed by atoms with Crippen LogP contribution in [0.1, 0.15) is 6.92 Å². The second kappa shape index (κ2) is 8.54. The molecular weight excluding hydrogens is 309 g/mol. The zero-order valence-electron chi connectivity index (χ0n) is 11.9. The number of hydrogen-bond donors (Lipinski definition) is 1. The molecule has 1 unspecified atom stereocenters. The van der Waals surface area contributed by atoms with E-state index in [1.807, 2.05) is 0 Å². The first-order chi connectivity index (χ1) is 10.0. The normalized spacial score (nSPS) is 13.9. The Morgan fingerprint density at radius 1 is 1.23 bits per heavy atom. The predicted octanol–water partition coefficient (Wildman–Crippen LogP) is 1.14. The van der Waals surface area contributed by atoms with Gasteiger partial charge in [0.15, 0.2) is 0 Å². The van der Waals surface area contributed by atoms with E-state index in [9.17, 15) is 22.8 Å². The van der Waals surface area contributed by atoms with Crippen molar-refractivity contribution < 1.29 is 42.1 Å². The number of hydrogen-bond acceptors (Lipinski definition) is 6. The highest BCUT2D eigenvalue weighted by atomic mass is 19.4. The molecule has 0 aliphatic carbocycles. The molecule has 0 heterocycles. The van der Waals surface area contributed by atoms with Crippen LogP contribution in [0.4, 0.5) is 13.2 Å². The van der Waals surface area contributed by atoms with Gasteiger partial charge < -0.3 is 19.3 Å². The Labute approximate surface area is 125 Å². The third-order valence-electron chi connectivity index (χ3n) is 2.30. The number of aliphatic hydroxyl groups is 1. The molecule has 9 heteroatoms. The lowest BCUT2D eigenvalue weighted by atomic mass is 10.1. The first-order valence-corrected chi connectivity index (χ1v) is 6.04. The van der Waals surface area contributed by atoms with Crippen molar-refractivity contribution in [3.8, 4) is 0 Å². The number of alkyl halides is 3. The van der Waals surface area contributed by atoms with E-state index >= 15 is 0 Å². The van der Waals surface area contributed by atoms with Crippen LogP contribution >= 0.6 is 0 Å². The van der Waals surface area contributed by atoms with Gasteiger partial charge in [-0.15, -0.1) is 6.58 Å². The number of ether oxygens (including phenoxy) is 3. The Hall–Kier alpha value is -1.87. The second-order valence-electron chi connectivity index (χ2n) is 4.25. The van der Waals surface area contributed by atoms with Crippen molar-refractivity contribution in [3.63, 3.8) is 0 Å². The topological polar surface area (TPSA) is 82.1 Å². The molecule has 0 aromatic carbocycles. The molecule has 0 spiro atoms. The molecule has 0 aliphatic rings. The molecule has 0 amide bonds. The summed E-state index contributed by atoms with van der Waals surface area (Å²) in [6.45, 7) is 6.01. The first kappa shape index (κ1) is 20.1. The van der Waals surface area contributed by atoms with Gasteiger partial charge in [-0.05, 0) is 6.92 Å². The maximum absolute atomic E-state index is 12.3. The highest BCUT2D eigenvalue weighted by Crippen LogP contribution is 2.30. The summed E-state index contributed by atoms with van der Waals surface area (Å²) in [6, 6.07) is 0. The highest BCUT2D eigenvalue weighted by molar-refractivity contribution is 5.88. The average Bonchev–Trinajstić information content (AvgIpc) is 2.41. The van der Waals surface area contributed by atoms with Crippen molar-refractivity contribution >= 4 is 11.9 Å². The van der Waals surface area contributed by atoms with E-state index in [1.54, 1.807) is 0 Å². The lowest BCUT2D eigenvalue weighted by molar-refractivity contribution is -0.257. The summed E-state index contributed by atoms with van der Waals surface area (Å²) in [7, 11) is 0. The summed E-state index contributed by atoms with van der Waals surface area (Å²) in [4.78, 5) is 22.4. The van der Waals surface area contributed by atoms with E-state index in [2.05, 4.69) is 22.6 Å². The number of halogens is 3. The highest BCUT2D eigenvalue weighted by Gasteiger charge is 2.57. The number of carbonyl (C=O) groups excluding carboxylic acids is 2. The quantitative estimate of drug-likeness (QED) is 0.296. The standard InChI is InChI=1S/C13H17F3O6/c1-4-5-20-8-9(2)10(17)21-6-7-22-11(18)12(3,19)13(14,15)16/h4,19H,1-2,5-8H2,3H3. The van der Waals surface area contributed by atoms with Crippen LogP contribution < -0.4 is 0 Å². The second-order valence-corrected chi connectivity index (χ2v) is 4.25. The van der Waals surface area contributed by atoms with Crippen LogP contribution in [0.3, 0.4) is 0 Å². The maximum atomic E-state index is 12.3. The number of esters is 2. The van der Waals surface area contributed by atoms with Crippen molar-refractivity contribution in [3.05, 3.63) is 24.8 Å². The summed E-state index contributed by atoms with van der Waals surface area (Å²) in [5.74, 6) is -2.73. The third kappa shape index (κ3) is 6.27. The molecule has 1 N–H and O–H groups in total. The predicted molar refractivity (Wildman–Crippen MR) is 68.8 cm³/mol. The largest absolute Gasteiger partial charge is 0.460 e. The van der Waals surface area contributed by atoms with Gasteiger partial charge in [0.1, 0.15) is 13.2 Å². The van der Waals surface area contributed by atoms with Crippen molar-refractivity contribution in [1.29, 1.82) is 0 Å². The summed E-state index contributed by atoms with van der Waals surface area (Å²) in [5.41, 5.74) is -3.64. The first-order valence-electron chi connectivity index (χ1n) is 6.04. The average molecular weight is 326 g/mol. The van der Waals surface area contributed by atoms with E-state index in [4.69, 9.17) is 9.84 Å². The minimum atomic E-state index is -5.17. The fourth-order valence-corrected chi connectivity index (χ4v) is 0.951. The fourth-order valence-electron chi connectivity index (χ4n) is 0.951. The van der Waals surface area contributed by atoms with Crippen LogP contribution in [0.25, 0.3) is 0 Å². The Balaban J connectivity index is 4.08. The molecule has 0 bridgehead atoms. The van der Waals surface area contributed by atoms with Gasteiger partial charge in [-0.3, -0.25) is 0 Å². The lowest BCUT2D eigenvalue weighted by Crippen LogP contribution is -2.50. The molecule has 0 saturated heterocycles. The van der Waals surface area contributed by atoms with Crippen LogP contribution in [0, 0.1) is 0 Å². The summed E-state index contributed by atoms with van der Waals surface area (Å²) in [5, 5.41) is 8.99. The Morgan fingerprint density at radius 3 is 2.27 bits per heavy atom. The Bertz CT molecular complexity index is 428. The van der Waals surface area contributed by atoms with E-state index < -0.39 is 36.9 Å². The molecule has 6 nitrogen and oxygen atoms in total. The van der Waals surface area contributed by atoms with Gasteiger partial charge in [-0.2, -0.15) is 13.2 Å². The monoisotopic (exact) mass is 326 g/mol. The van der Waals surface area contributed by atoms with Crippen LogP contribution in [0.5, 0.6) is 0 Å². The van der Waals surface area contributed by atoms with E-state index in [0.717, 1.165) is 0 Å². The smallest absolute Gasteiger partial charge is 0.427 e. The van der Waals surface area contributed by atoms with Crippen molar-refractivity contribution in [1.82, 2.24) is 0 Å². The molecule has 0 aromatic rings. The Kier molecular flexibility index (Phi) is 7.82. The van der Waals surface area contributed by atoms with Crippen molar-refractivity contribution in [2.24, 2.45) is 0 Å². The van der Waals surface area contributed by atoms with E-state index in [0.29, 0.717) is 0 Å². The summed E-state index contributed by atoms with van der Waals surface area (Å²) in [6.07, 6.45) is -3.71. The Morgan fingerprint density at radius 2 is 1.77 bits per heavy atom. The van der Waals surface area contributed by atoms with Crippen LogP contribution in [0.15, 0.2) is 24.8 Å². The van der Waals surface area contributed by atoms with Gasteiger partial charge in [0.25, 0.3) is 5.60 Å².